The number of aromatic amines is 1. The highest BCUT2D eigenvalue weighted by Crippen LogP contribution is 1.87. The van der Waals surface area contributed by atoms with Crippen LogP contribution in [-0.2, 0) is 6.42 Å². The highest BCUT2D eigenvalue weighted by molar-refractivity contribution is 4.90. The maximum Gasteiger partial charge on any atom is 0.107 e. The molecule has 0 aliphatic heterocycles. The van der Waals surface area contributed by atoms with Crippen LogP contribution in [0.1, 0.15) is 5.82 Å². The zero-order valence-corrected chi connectivity index (χ0v) is 6.30. The van der Waals surface area contributed by atoms with E-state index in [4.69, 9.17) is 6.42 Å². The van der Waals surface area contributed by atoms with E-state index >= 15 is 0 Å². The molecule has 3 nitrogen and oxygen atoms in total. The summed E-state index contributed by atoms with van der Waals surface area (Å²) in [6.45, 7) is 1.50. The van der Waals surface area contributed by atoms with Gasteiger partial charge in [-0.1, -0.05) is 5.92 Å². The van der Waals surface area contributed by atoms with Gasteiger partial charge in [-0.25, -0.2) is 4.98 Å². The van der Waals surface area contributed by atoms with Crippen molar-refractivity contribution >= 4 is 0 Å². The minimum Gasteiger partial charge on any atom is -0.349 e. The fraction of sp³-hybridized carbons (Fsp3) is 0.375. The molecule has 3 heteroatoms. The molecule has 0 fully saturated rings. The van der Waals surface area contributed by atoms with E-state index in [1.54, 1.807) is 6.20 Å². The summed E-state index contributed by atoms with van der Waals surface area (Å²) in [5.41, 5.74) is 0. The van der Waals surface area contributed by atoms with Crippen LogP contribution in [0, 0.1) is 12.3 Å². The molecular weight excluding hydrogens is 138 g/mol. The molecule has 1 aromatic rings. The lowest BCUT2D eigenvalue weighted by atomic mass is 10.4. The van der Waals surface area contributed by atoms with E-state index in [0.29, 0.717) is 6.54 Å². The average molecular weight is 149 g/mol. The Kier molecular flexibility index (Phi) is 3.23. The van der Waals surface area contributed by atoms with Crippen molar-refractivity contribution < 1.29 is 0 Å². The van der Waals surface area contributed by atoms with Crippen molar-refractivity contribution in [1.82, 2.24) is 15.3 Å². The molecular formula is C8H11N3. The Morgan fingerprint density at radius 1 is 1.73 bits per heavy atom. The summed E-state index contributed by atoms with van der Waals surface area (Å²) in [5.74, 6) is 3.50. The second kappa shape index (κ2) is 4.53. The maximum atomic E-state index is 5.05. The van der Waals surface area contributed by atoms with Gasteiger partial charge in [-0.15, -0.1) is 6.42 Å². The predicted molar refractivity (Wildman–Crippen MR) is 44.0 cm³/mol. The van der Waals surface area contributed by atoms with Crippen molar-refractivity contribution in [2.75, 3.05) is 13.1 Å². The van der Waals surface area contributed by atoms with Gasteiger partial charge in [-0.3, -0.25) is 0 Å². The lowest BCUT2D eigenvalue weighted by Crippen LogP contribution is -2.17. The van der Waals surface area contributed by atoms with E-state index in [2.05, 4.69) is 21.2 Å². The highest BCUT2D eigenvalue weighted by atomic mass is 14.9. The first-order chi connectivity index (χ1) is 5.43. The molecule has 0 aliphatic carbocycles. The van der Waals surface area contributed by atoms with Gasteiger partial charge in [0, 0.05) is 25.4 Å². The van der Waals surface area contributed by atoms with E-state index in [1.165, 1.54) is 0 Å². The lowest BCUT2D eigenvalue weighted by molar-refractivity contribution is 0.732. The van der Waals surface area contributed by atoms with Crippen LogP contribution in [0.4, 0.5) is 0 Å². The topological polar surface area (TPSA) is 40.7 Å². The van der Waals surface area contributed by atoms with Crippen molar-refractivity contribution in [3.8, 4) is 12.3 Å². The summed E-state index contributed by atoms with van der Waals surface area (Å²) in [6, 6.07) is 0. The number of hydrogen-bond donors (Lipinski definition) is 2. The third-order valence-electron chi connectivity index (χ3n) is 1.32. The first-order valence-corrected chi connectivity index (χ1v) is 3.56. The molecule has 0 saturated carbocycles. The molecule has 0 saturated heterocycles. The second-order valence-corrected chi connectivity index (χ2v) is 2.17. The predicted octanol–water partition coefficient (Wildman–Crippen LogP) is 0.175. The number of nitrogens with zero attached hydrogens (tertiary/aromatic N) is 1. The van der Waals surface area contributed by atoms with Gasteiger partial charge < -0.3 is 10.3 Å². The van der Waals surface area contributed by atoms with E-state index in [0.717, 1.165) is 18.8 Å². The molecule has 0 spiro atoms. The molecule has 0 atom stereocenters. The molecule has 1 aromatic heterocycles. The molecule has 0 amide bonds. The maximum absolute atomic E-state index is 5.05. The first-order valence-electron chi connectivity index (χ1n) is 3.56. The molecule has 1 heterocycles. The summed E-state index contributed by atoms with van der Waals surface area (Å²) < 4.78 is 0. The standard InChI is InChI=1S/C8H11N3/c1-2-4-9-5-3-8-10-6-7-11-8/h1,6-7,9H,3-5H2,(H,10,11). The Morgan fingerprint density at radius 3 is 3.27 bits per heavy atom. The smallest absolute Gasteiger partial charge is 0.107 e. The highest BCUT2D eigenvalue weighted by Gasteiger charge is 1.91. The molecule has 58 valence electrons. The molecule has 0 aromatic carbocycles. The number of H-pyrrole nitrogens is 1. The monoisotopic (exact) mass is 149 g/mol. The Morgan fingerprint density at radius 2 is 2.64 bits per heavy atom. The first kappa shape index (κ1) is 7.83. The molecule has 2 N–H and O–H groups in total. The Labute approximate surface area is 66.2 Å². The average Bonchev–Trinajstić information content (AvgIpc) is 2.50. The van der Waals surface area contributed by atoms with Gasteiger partial charge in [-0.2, -0.15) is 0 Å². The number of rotatable bonds is 4. The third-order valence-corrected chi connectivity index (χ3v) is 1.32. The molecule has 0 aliphatic rings. The summed E-state index contributed by atoms with van der Waals surface area (Å²) in [7, 11) is 0. The fourth-order valence-electron chi connectivity index (χ4n) is 0.802. The molecule has 0 radical (unpaired) electrons. The third kappa shape index (κ3) is 2.87. The van der Waals surface area contributed by atoms with Crippen LogP contribution in [0.3, 0.4) is 0 Å². The van der Waals surface area contributed by atoms with Crippen LogP contribution in [0.15, 0.2) is 12.4 Å². The molecule has 11 heavy (non-hydrogen) atoms. The molecule has 0 unspecified atom stereocenters. The quantitative estimate of drug-likeness (QED) is 0.473. The van der Waals surface area contributed by atoms with Crippen LogP contribution >= 0.6 is 0 Å². The number of imidazole rings is 1. The minimum atomic E-state index is 0.626. The number of nitrogens with one attached hydrogen (secondary N) is 2. The van der Waals surface area contributed by atoms with Crippen LogP contribution in [-0.4, -0.2) is 23.1 Å². The van der Waals surface area contributed by atoms with E-state index < -0.39 is 0 Å². The van der Waals surface area contributed by atoms with Gasteiger partial charge in [0.1, 0.15) is 5.82 Å². The van der Waals surface area contributed by atoms with Gasteiger partial charge in [0.15, 0.2) is 0 Å². The van der Waals surface area contributed by atoms with Gasteiger partial charge in [0.2, 0.25) is 0 Å². The van der Waals surface area contributed by atoms with Gasteiger partial charge in [0.05, 0.1) is 6.54 Å². The summed E-state index contributed by atoms with van der Waals surface area (Å²) in [6.07, 6.45) is 9.51. The normalized spacial score (nSPS) is 9.36. The van der Waals surface area contributed by atoms with Crippen molar-refractivity contribution in [1.29, 1.82) is 0 Å². The zero-order chi connectivity index (χ0) is 7.94. The van der Waals surface area contributed by atoms with Crippen molar-refractivity contribution in [2.24, 2.45) is 0 Å². The van der Waals surface area contributed by atoms with E-state index in [1.807, 2.05) is 6.20 Å². The van der Waals surface area contributed by atoms with Crippen LogP contribution < -0.4 is 5.32 Å². The van der Waals surface area contributed by atoms with E-state index in [-0.39, 0.29) is 0 Å². The van der Waals surface area contributed by atoms with Crippen molar-refractivity contribution in [2.45, 2.75) is 6.42 Å². The van der Waals surface area contributed by atoms with Gasteiger partial charge in [-0.05, 0) is 0 Å². The largest absolute Gasteiger partial charge is 0.349 e. The number of aromatic nitrogens is 2. The Balaban J connectivity index is 2.10. The Hall–Kier alpha value is -1.27. The van der Waals surface area contributed by atoms with Crippen molar-refractivity contribution in [3.63, 3.8) is 0 Å². The Bertz CT molecular complexity index is 220. The van der Waals surface area contributed by atoms with Gasteiger partial charge in [0.25, 0.3) is 0 Å². The van der Waals surface area contributed by atoms with E-state index in [9.17, 15) is 0 Å². The van der Waals surface area contributed by atoms with Crippen LogP contribution in [0.2, 0.25) is 0 Å². The molecule has 0 bridgehead atoms. The SMILES string of the molecule is C#CCNCCc1ncc[nH]1. The summed E-state index contributed by atoms with van der Waals surface area (Å²) in [5, 5.41) is 3.08. The second-order valence-electron chi connectivity index (χ2n) is 2.17. The molecule has 1 rings (SSSR count). The number of terminal acetylenes is 1. The summed E-state index contributed by atoms with van der Waals surface area (Å²) in [4.78, 5) is 7.08. The van der Waals surface area contributed by atoms with Crippen LogP contribution in [0.25, 0.3) is 0 Å². The van der Waals surface area contributed by atoms with Crippen LogP contribution in [0.5, 0.6) is 0 Å². The number of hydrogen-bond acceptors (Lipinski definition) is 2. The lowest BCUT2D eigenvalue weighted by Gasteiger charge is -1.96. The zero-order valence-electron chi connectivity index (χ0n) is 6.30. The summed E-state index contributed by atoms with van der Waals surface area (Å²) >= 11 is 0. The van der Waals surface area contributed by atoms with Gasteiger partial charge >= 0.3 is 0 Å². The minimum absolute atomic E-state index is 0.626. The fourth-order valence-corrected chi connectivity index (χ4v) is 0.802. The van der Waals surface area contributed by atoms with Crippen molar-refractivity contribution in [3.05, 3.63) is 18.2 Å².